The van der Waals surface area contributed by atoms with E-state index in [0.29, 0.717) is 17.3 Å². The second-order valence-corrected chi connectivity index (χ2v) is 7.61. The van der Waals surface area contributed by atoms with E-state index in [2.05, 4.69) is 29.2 Å². The molecule has 2 aromatic heterocycles. The van der Waals surface area contributed by atoms with Crippen LogP contribution in [0.1, 0.15) is 61.8 Å². The predicted molar refractivity (Wildman–Crippen MR) is 107 cm³/mol. The summed E-state index contributed by atoms with van der Waals surface area (Å²) in [5, 5.41) is 7.21. The first-order valence-corrected chi connectivity index (χ1v) is 9.72. The molecular formula is C21H30N4O3. The number of nitrogens with zero attached hydrogens (tertiary/aromatic N) is 3. The van der Waals surface area contributed by atoms with Crippen molar-refractivity contribution in [3.8, 4) is 5.82 Å². The van der Waals surface area contributed by atoms with Crippen LogP contribution in [0.3, 0.4) is 0 Å². The largest absolute Gasteiger partial charge is 0.452 e. The number of rotatable bonds is 9. The Morgan fingerprint density at radius 2 is 1.93 bits per heavy atom. The molecule has 7 nitrogen and oxygen atoms in total. The van der Waals surface area contributed by atoms with Gasteiger partial charge in [-0.2, -0.15) is 5.10 Å². The van der Waals surface area contributed by atoms with Gasteiger partial charge in [0.1, 0.15) is 0 Å². The van der Waals surface area contributed by atoms with Gasteiger partial charge in [0.15, 0.2) is 12.4 Å². The molecule has 28 heavy (non-hydrogen) atoms. The van der Waals surface area contributed by atoms with Crippen LogP contribution in [-0.2, 0) is 9.53 Å². The van der Waals surface area contributed by atoms with Crippen LogP contribution in [0.25, 0.3) is 5.82 Å². The predicted octanol–water partition coefficient (Wildman–Crippen LogP) is 3.37. The molecule has 0 aromatic carbocycles. The van der Waals surface area contributed by atoms with Gasteiger partial charge in [0.25, 0.3) is 5.91 Å². The topological polar surface area (TPSA) is 86.1 Å². The van der Waals surface area contributed by atoms with Gasteiger partial charge in [-0.1, -0.05) is 26.7 Å². The third-order valence-corrected chi connectivity index (χ3v) is 4.37. The van der Waals surface area contributed by atoms with Gasteiger partial charge in [0.2, 0.25) is 0 Å². The molecule has 0 fully saturated rings. The van der Waals surface area contributed by atoms with E-state index >= 15 is 0 Å². The number of hydrogen-bond donors (Lipinski definition) is 1. The van der Waals surface area contributed by atoms with Crippen molar-refractivity contribution in [2.75, 3.05) is 6.61 Å². The van der Waals surface area contributed by atoms with Crippen LogP contribution in [-0.4, -0.2) is 39.3 Å². The Kier molecular flexibility index (Phi) is 7.72. The molecule has 2 heterocycles. The van der Waals surface area contributed by atoms with E-state index in [1.165, 1.54) is 6.20 Å². The Bertz CT molecular complexity index is 796. The zero-order valence-corrected chi connectivity index (χ0v) is 17.4. The Morgan fingerprint density at radius 3 is 2.50 bits per heavy atom. The molecule has 7 heteroatoms. The molecule has 1 amide bonds. The molecule has 0 aliphatic carbocycles. The van der Waals surface area contributed by atoms with Crippen molar-refractivity contribution in [2.45, 2.75) is 59.9 Å². The monoisotopic (exact) mass is 386 g/mol. The Morgan fingerprint density at radius 1 is 1.18 bits per heavy atom. The number of aryl methyl sites for hydroxylation is 2. The van der Waals surface area contributed by atoms with Crippen LogP contribution < -0.4 is 5.32 Å². The second kappa shape index (κ2) is 10.0. The van der Waals surface area contributed by atoms with Gasteiger partial charge in [-0.15, -0.1) is 0 Å². The first-order valence-electron chi connectivity index (χ1n) is 9.72. The van der Waals surface area contributed by atoms with Crippen molar-refractivity contribution in [3.05, 3.63) is 41.3 Å². The average Bonchev–Trinajstić information content (AvgIpc) is 2.97. The van der Waals surface area contributed by atoms with E-state index in [9.17, 15) is 9.59 Å². The first-order chi connectivity index (χ1) is 13.3. The summed E-state index contributed by atoms with van der Waals surface area (Å²) in [6, 6.07) is 5.33. The van der Waals surface area contributed by atoms with Crippen molar-refractivity contribution < 1.29 is 14.3 Å². The number of amides is 1. The Hall–Kier alpha value is -2.70. The minimum atomic E-state index is -0.574. The van der Waals surface area contributed by atoms with Crippen LogP contribution in [0, 0.1) is 19.8 Å². The number of hydrogen-bond acceptors (Lipinski definition) is 5. The molecule has 0 radical (unpaired) electrons. The van der Waals surface area contributed by atoms with Gasteiger partial charge in [0.05, 0.1) is 11.3 Å². The first kappa shape index (κ1) is 21.6. The lowest BCUT2D eigenvalue weighted by Crippen LogP contribution is -2.35. The zero-order chi connectivity index (χ0) is 20.7. The van der Waals surface area contributed by atoms with Crippen molar-refractivity contribution in [2.24, 2.45) is 5.92 Å². The molecule has 152 valence electrons. The number of carbonyl (C=O) groups is 2. The molecule has 2 rings (SSSR count). The van der Waals surface area contributed by atoms with Gasteiger partial charge in [0, 0.05) is 17.9 Å². The third-order valence-electron chi connectivity index (χ3n) is 4.37. The second-order valence-electron chi connectivity index (χ2n) is 7.61. The lowest BCUT2D eigenvalue weighted by atomic mass is 10.0. The molecule has 0 spiro atoms. The summed E-state index contributed by atoms with van der Waals surface area (Å²) in [5.74, 6) is 0.410. The lowest BCUT2D eigenvalue weighted by Gasteiger charge is -2.14. The number of aromatic nitrogens is 3. The van der Waals surface area contributed by atoms with Gasteiger partial charge >= 0.3 is 5.97 Å². The van der Waals surface area contributed by atoms with Crippen LogP contribution >= 0.6 is 0 Å². The molecule has 1 unspecified atom stereocenters. The molecule has 0 aliphatic rings. The van der Waals surface area contributed by atoms with Crippen LogP contribution in [0.4, 0.5) is 0 Å². The summed E-state index contributed by atoms with van der Waals surface area (Å²) in [6.45, 7) is 9.87. The highest BCUT2D eigenvalue weighted by atomic mass is 16.5. The number of ether oxygens (including phenoxy) is 1. The molecule has 1 atom stereocenters. The fraction of sp³-hybridized carbons (Fsp3) is 0.524. The van der Waals surface area contributed by atoms with Crippen LogP contribution in [0.15, 0.2) is 24.4 Å². The fourth-order valence-electron chi connectivity index (χ4n) is 2.93. The maximum Gasteiger partial charge on any atom is 0.340 e. The number of carbonyl (C=O) groups excluding carboxylic acids is 2. The summed E-state index contributed by atoms with van der Waals surface area (Å²) in [5.41, 5.74) is 2.15. The smallest absolute Gasteiger partial charge is 0.340 e. The molecule has 0 saturated heterocycles. The molecule has 0 aliphatic heterocycles. The fourth-order valence-corrected chi connectivity index (χ4v) is 2.93. The molecule has 0 bridgehead atoms. The van der Waals surface area contributed by atoms with E-state index in [0.717, 1.165) is 30.7 Å². The van der Waals surface area contributed by atoms with Gasteiger partial charge in [-0.25, -0.2) is 14.5 Å². The standard InChI is InChI=1S/C21H30N4O3/c1-14(2)7-6-8-15(3)23-20(26)13-28-21(27)18-9-10-19(22-12-18)25-17(5)11-16(4)24-25/h9-12,14-15H,6-8,13H2,1-5H3,(H,23,26). The minimum absolute atomic E-state index is 0.0617. The molecular weight excluding hydrogens is 356 g/mol. The molecule has 1 N–H and O–H groups in total. The lowest BCUT2D eigenvalue weighted by molar-refractivity contribution is -0.124. The number of nitrogens with one attached hydrogen (secondary N) is 1. The quantitative estimate of drug-likeness (QED) is 0.668. The van der Waals surface area contributed by atoms with Gasteiger partial charge in [-0.05, 0) is 51.3 Å². The van der Waals surface area contributed by atoms with Crippen LogP contribution in [0.2, 0.25) is 0 Å². The van der Waals surface area contributed by atoms with Crippen molar-refractivity contribution in [1.82, 2.24) is 20.1 Å². The van der Waals surface area contributed by atoms with E-state index < -0.39 is 5.97 Å². The Balaban J connectivity index is 1.81. The van der Waals surface area contributed by atoms with E-state index in [1.54, 1.807) is 16.8 Å². The third kappa shape index (κ3) is 6.48. The highest BCUT2D eigenvalue weighted by Crippen LogP contribution is 2.11. The number of esters is 1. The molecule has 2 aromatic rings. The summed E-state index contributed by atoms with van der Waals surface area (Å²) < 4.78 is 6.80. The summed E-state index contributed by atoms with van der Waals surface area (Å²) in [7, 11) is 0. The Labute approximate surface area is 166 Å². The summed E-state index contributed by atoms with van der Waals surface area (Å²) in [6.07, 6.45) is 4.54. The van der Waals surface area contributed by atoms with E-state index in [4.69, 9.17) is 4.74 Å². The summed E-state index contributed by atoms with van der Waals surface area (Å²) >= 11 is 0. The SMILES string of the molecule is Cc1cc(C)n(-c2ccc(C(=O)OCC(=O)NC(C)CCCC(C)C)cn2)n1. The normalized spacial score (nSPS) is 12.1. The van der Waals surface area contributed by atoms with Crippen LogP contribution in [0.5, 0.6) is 0 Å². The van der Waals surface area contributed by atoms with Crippen molar-refractivity contribution in [3.63, 3.8) is 0 Å². The zero-order valence-electron chi connectivity index (χ0n) is 17.4. The van der Waals surface area contributed by atoms with Crippen molar-refractivity contribution >= 4 is 11.9 Å². The number of pyridine rings is 1. The van der Waals surface area contributed by atoms with E-state index in [1.807, 2.05) is 26.8 Å². The maximum atomic E-state index is 12.1. The highest BCUT2D eigenvalue weighted by Gasteiger charge is 2.13. The average molecular weight is 386 g/mol. The highest BCUT2D eigenvalue weighted by molar-refractivity contribution is 5.91. The minimum Gasteiger partial charge on any atom is -0.452 e. The summed E-state index contributed by atoms with van der Waals surface area (Å²) in [4.78, 5) is 28.4. The van der Waals surface area contributed by atoms with E-state index in [-0.39, 0.29) is 18.6 Å². The molecule has 0 saturated carbocycles. The maximum absolute atomic E-state index is 12.1. The van der Waals surface area contributed by atoms with Crippen molar-refractivity contribution in [1.29, 1.82) is 0 Å². The van der Waals surface area contributed by atoms with Gasteiger partial charge < -0.3 is 10.1 Å². The van der Waals surface area contributed by atoms with Gasteiger partial charge in [-0.3, -0.25) is 4.79 Å².